The van der Waals surface area contributed by atoms with Gasteiger partial charge in [-0.25, -0.2) is 4.79 Å². The van der Waals surface area contributed by atoms with Crippen molar-refractivity contribution in [1.29, 1.82) is 0 Å². The Morgan fingerprint density at radius 3 is 2.61 bits per heavy atom. The quantitative estimate of drug-likeness (QED) is 0.845. The highest BCUT2D eigenvalue weighted by Gasteiger charge is 2.44. The van der Waals surface area contributed by atoms with Crippen LogP contribution in [0.1, 0.15) is 37.7 Å². The van der Waals surface area contributed by atoms with Crippen LogP contribution < -0.4 is 5.32 Å². The Kier molecular flexibility index (Phi) is 4.84. The van der Waals surface area contributed by atoms with Crippen LogP contribution in [-0.4, -0.2) is 23.2 Å². The van der Waals surface area contributed by atoms with Crippen LogP contribution >= 0.6 is 0 Å². The van der Waals surface area contributed by atoms with Gasteiger partial charge in [-0.05, 0) is 42.6 Å². The molecule has 2 aliphatic rings. The first kappa shape index (κ1) is 15.8. The first-order valence-electron chi connectivity index (χ1n) is 8.31. The van der Waals surface area contributed by atoms with Gasteiger partial charge in [0.25, 0.3) is 0 Å². The molecule has 5 nitrogen and oxygen atoms in total. The minimum atomic E-state index is -0.874. The number of fused-ring (bicyclic) bond motifs is 2. The van der Waals surface area contributed by atoms with Crippen molar-refractivity contribution in [3.05, 3.63) is 35.9 Å². The molecule has 0 aromatic heterocycles. The molecule has 3 rings (SSSR count). The summed E-state index contributed by atoms with van der Waals surface area (Å²) in [4.78, 5) is 23.2. The standard InChI is InChI=1S/C18H23NO4/c20-17(21)10-16(15-9-13-6-7-14(15)8-13)19-18(22)23-11-12-4-2-1-3-5-12/h1-5,13-16H,6-11H2,(H,19,22)(H,20,21)/t13?,14?,15?,16-/m0/s1. The largest absolute Gasteiger partial charge is 0.481 e. The lowest BCUT2D eigenvalue weighted by atomic mass is 9.82. The number of aliphatic carboxylic acids is 1. The second-order valence-corrected chi connectivity index (χ2v) is 6.75. The molecule has 4 atom stereocenters. The SMILES string of the molecule is O=C(O)C[C@H](NC(=O)OCc1ccccc1)C1CC2CCC1C2. The van der Waals surface area contributed by atoms with E-state index in [0.29, 0.717) is 11.8 Å². The first-order chi connectivity index (χ1) is 11.1. The Labute approximate surface area is 136 Å². The number of amides is 1. The number of alkyl carbamates (subject to hydrolysis) is 1. The van der Waals surface area contributed by atoms with Gasteiger partial charge in [-0.2, -0.15) is 0 Å². The predicted molar refractivity (Wildman–Crippen MR) is 84.7 cm³/mol. The maximum atomic E-state index is 12.0. The molecule has 0 radical (unpaired) electrons. The summed E-state index contributed by atoms with van der Waals surface area (Å²) in [6, 6.07) is 9.13. The van der Waals surface area contributed by atoms with E-state index in [1.165, 1.54) is 12.8 Å². The van der Waals surface area contributed by atoms with Crippen LogP contribution in [0, 0.1) is 17.8 Å². The van der Waals surface area contributed by atoms with Crippen molar-refractivity contribution in [1.82, 2.24) is 5.32 Å². The van der Waals surface area contributed by atoms with Crippen molar-refractivity contribution >= 4 is 12.1 Å². The maximum absolute atomic E-state index is 12.0. The molecule has 23 heavy (non-hydrogen) atoms. The van der Waals surface area contributed by atoms with Gasteiger partial charge in [0, 0.05) is 6.04 Å². The van der Waals surface area contributed by atoms with E-state index in [9.17, 15) is 9.59 Å². The molecule has 0 heterocycles. The van der Waals surface area contributed by atoms with E-state index in [2.05, 4.69) is 5.32 Å². The summed E-state index contributed by atoms with van der Waals surface area (Å²) in [5, 5.41) is 11.9. The summed E-state index contributed by atoms with van der Waals surface area (Å²) in [5.74, 6) is 0.664. The van der Waals surface area contributed by atoms with Gasteiger partial charge in [0.2, 0.25) is 0 Å². The normalized spacial score (nSPS) is 26.7. The van der Waals surface area contributed by atoms with E-state index >= 15 is 0 Å². The topological polar surface area (TPSA) is 75.6 Å². The Bertz CT molecular complexity index is 559. The average molecular weight is 317 g/mol. The second kappa shape index (κ2) is 7.02. The van der Waals surface area contributed by atoms with Crippen LogP contribution in [0.3, 0.4) is 0 Å². The van der Waals surface area contributed by atoms with Gasteiger partial charge in [0.15, 0.2) is 0 Å². The Morgan fingerprint density at radius 1 is 1.22 bits per heavy atom. The van der Waals surface area contributed by atoms with Crippen molar-refractivity contribution in [2.45, 2.75) is 44.8 Å². The molecule has 0 saturated heterocycles. The van der Waals surface area contributed by atoms with Gasteiger partial charge in [0.1, 0.15) is 6.61 Å². The third-order valence-electron chi connectivity index (χ3n) is 5.22. The number of carboxylic acid groups (broad SMARTS) is 1. The van der Waals surface area contributed by atoms with E-state index in [1.54, 1.807) is 0 Å². The smallest absolute Gasteiger partial charge is 0.407 e. The highest BCUT2D eigenvalue weighted by atomic mass is 16.5. The first-order valence-corrected chi connectivity index (χ1v) is 8.31. The van der Waals surface area contributed by atoms with Crippen molar-refractivity contribution in [3.8, 4) is 0 Å². The molecule has 3 unspecified atom stereocenters. The molecule has 2 fully saturated rings. The van der Waals surface area contributed by atoms with Gasteiger partial charge >= 0.3 is 12.1 Å². The fraction of sp³-hybridized carbons (Fsp3) is 0.556. The molecule has 2 bridgehead atoms. The van der Waals surface area contributed by atoms with Crippen LogP contribution in [0.5, 0.6) is 0 Å². The summed E-state index contributed by atoms with van der Waals surface area (Å²) in [6.45, 7) is 0.198. The fourth-order valence-electron chi connectivity index (χ4n) is 4.20. The Hall–Kier alpha value is -2.04. The molecule has 1 aromatic rings. The number of rotatable bonds is 6. The summed E-state index contributed by atoms with van der Waals surface area (Å²) in [6.07, 6.45) is 4.06. The molecule has 124 valence electrons. The van der Waals surface area contributed by atoms with E-state index < -0.39 is 12.1 Å². The van der Waals surface area contributed by atoms with Gasteiger partial charge in [0.05, 0.1) is 6.42 Å². The number of hydrogen-bond donors (Lipinski definition) is 2. The van der Waals surface area contributed by atoms with Crippen molar-refractivity contribution in [2.24, 2.45) is 17.8 Å². The zero-order valence-corrected chi connectivity index (χ0v) is 13.1. The summed E-state index contributed by atoms with van der Waals surface area (Å²) in [5.41, 5.74) is 0.914. The third-order valence-corrected chi connectivity index (χ3v) is 5.22. The molecule has 2 N–H and O–H groups in total. The highest BCUT2D eigenvalue weighted by Crippen LogP contribution is 2.49. The molecule has 5 heteroatoms. The van der Waals surface area contributed by atoms with E-state index in [-0.39, 0.29) is 25.0 Å². The average Bonchev–Trinajstić information content (AvgIpc) is 3.16. The lowest BCUT2D eigenvalue weighted by molar-refractivity contribution is -0.138. The van der Waals surface area contributed by atoms with Crippen LogP contribution in [0.4, 0.5) is 4.79 Å². The molecule has 2 aliphatic carbocycles. The van der Waals surface area contributed by atoms with Gasteiger partial charge in [-0.15, -0.1) is 0 Å². The van der Waals surface area contributed by atoms with Gasteiger partial charge in [-0.3, -0.25) is 4.79 Å². The van der Waals surface area contributed by atoms with Gasteiger partial charge in [-0.1, -0.05) is 36.8 Å². The molecule has 1 amide bonds. The van der Waals surface area contributed by atoms with Crippen LogP contribution in [0.15, 0.2) is 30.3 Å². The van der Waals surface area contributed by atoms with E-state index in [4.69, 9.17) is 9.84 Å². The van der Waals surface area contributed by atoms with Crippen LogP contribution in [-0.2, 0) is 16.1 Å². The third kappa shape index (κ3) is 4.03. The number of carbonyl (C=O) groups excluding carboxylic acids is 1. The Morgan fingerprint density at radius 2 is 2.00 bits per heavy atom. The van der Waals surface area contributed by atoms with Crippen LogP contribution in [0.25, 0.3) is 0 Å². The minimum absolute atomic E-state index is 0.0334. The molecular formula is C18H23NO4. The predicted octanol–water partition coefficient (Wildman–Crippen LogP) is 3.19. The van der Waals surface area contributed by atoms with Crippen molar-refractivity contribution in [3.63, 3.8) is 0 Å². The van der Waals surface area contributed by atoms with Crippen molar-refractivity contribution in [2.75, 3.05) is 0 Å². The molecule has 2 saturated carbocycles. The lowest BCUT2D eigenvalue weighted by Gasteiger charge is -2.30. The van der Waals surface area contributed by atoms with Crippen LogP contribution in [0.2, 0.25) is 0 Å². The number of hydrogen-bond acceptors (Lipinski definition) is 3. The zero-order valence-electron chi connectivity index (χ0n) is 13.1. The number of ether oxygens (including phenoxy) is 1. The fourth-order valence-corrected chi connectivity index (χ4v) is 4.20. The molecule has 0 spiro atoms. The van der Waals surface area contributed by atoms with E-state index in [1.807, 2.05) is 30.3 Å². The number of carboxylic acids is 1. The highest BCUT2D eigenvalue weighted by molar-refractivity contribution is 5.71. The molecule has 1 aromatic carbocycles. The summed E-state index contributed by atoms with van der Waals surface area (Å²) in [7, 11) is 0. The maximum Gasteiger partial charge on any atom is 0.407 e. The number of nitrogens with one attached hydrogen (secondary N) is 1. The monoisotopic (exact) mass is 317 g/mol. The molecular weight excluding hydrogens is 294 g/mol. The van der Waals surface area contributed by atoms with Crippen molar-refractivity contribution < 1.29 is 19.4 Å². The summed E-state index contributed by atoms with van der Waals surface area (Å²) >= 11 is 0. The zero-order chi connectivity index (χ0) is 16.2. The summed E-state index contributed by atoms with van der Waals surface area (Å²) < 4.78 is 5.24. The van der Waals surface area contributed by atoms with E-state index in [0.717, 1.165) is 18.4 Å². The number of carbonyl (C=O) groups is 2. The number of benzene rings is 1. The Balaban J connectivity index is 1.55. The molecule has 0 aliphatic heterocycles. The van der Waals surface area contributed by atoms with Gasteiger partial charge < -0.3 is 15.2 Å². The second-order valence-electron chi connectivity index (χ2n) is 6.75. The minimum Gasteiger partial charge on any atom is -0.481 e. The lowest BCUT2D eigenvalue weighted by Crippen LogP contribution is -2.43.